The number of nitrogens with one attached hydrogen (secondary N) is 1. The highest BCUT2D eigenvalue weighted by atomic mass is 79.9. The van der Waals surface area contributed by atoms with E-state index in [1.165, 1.54) is 0 Å². The molecule has 0 radical (unpaired) electrons. The maximum absolute atomic E-state index is 4.70. The van der Waals surface area contributed by atoms with E-state index >= 15 is 0 Å². The zero-order valence-corrected chi connectivity index (χ0v) is 14.9. The van der Waals surface area contributed by atoms with Crippen molar-refractivity contribution in [3.8, 4) is 17.1 Å². The minimum absolute atomic E-state index is 0.560. The summed E-state index contributed by atoms with van der Waals surface area (Å²) in [7, 11) is 0. The largest absolute Gasteiger partial charge is 0.323 e. The number of hydrogen-bond acceptors (Lipinski definition) is 3. The van der Waals surface area contributed by atoms with Gasteiger partial charge in [0.15, 0.2) is 5.82 Å². The van der Waals surface area contributed by atoms with E-state index in [0.29, 0.717) is 5.95 Å². The molecule has 0 atom stereocenters. The fourth-order valence-electron chi connectivity index (χ4n) is 2.55. The van der Waals surface area contributed by atoms with E-state index in [2.05, 4.69) is 26.3 Å². The Morgan fingerprint density at radius 3 is 2.08 bits per heavy atom. The predicted octanol–water partition coefficient (Wildman–Crippen LogP) is 5.44. The normalized spacial score (nSPS) is 10.6. The Hall–Kier alpha value is -2.92. The molecule has 25 heavy (non-hydrogen) atoms. The molecular formula is C20H15BrN4. The van der Waals surface area contributed by atoms with Crippen molar-refractivity contribution in [1.29, 1.82) is 0 Å². The van der Waals surface area contributed by atoms with Gasteiger partial charge in [-0.3, -0.25) is 0 Å². The Bertz CT molecular complexity index is 907. The van der Waals surface area contributed by atoms with Gasteiger partial charge in [-0.05, 0) is 36.4 Å². The van der Waals surface area contributed by atoms with Crippen molar-refractivity contribution in [3.63, 3.8) is 0 Å². The zero-order chi connectivity index (χ0) is 17.1. The van der Waals surface area contributed by atoms with Crippen molar-refractivity contribution in [2.24, 2.45) is 0 Å². The number of anilines is 2. The van der Waals surface area contributed by atoms with Crippen molar-refractivity contribution in [2.75, 3.05) is 5.32 Å². The maximum atomic E-state index is 4.70. The van der Waals surface area contributed by atoms with Crippen LogP contribution in [-0.2, 0) is 0 Å². The van der Waals surface area contributed by atoms with Crippen LogP contribution in [0.3, 0.4) is 0 Å². The van der Waals surface area contributed by atoms with Crippen LogP contribution in [0, 0.1) is 0 Å². The molecule has 0 saturated carbocycles. The second kappa shape index (κ2) is 6.91. The average Bonchev–Trinajstić information content (AvgIpc) is 3.09. The fourth-order valence-corrected chi connectivity index (χ4v) is 2.81. The Kier molecular flexibility index (Phi) is 4.31. The van der Waals surface area contributed by atoms with Gasteiger partial charge in [-0.15, -0.1) is 5.10 Å². The standard InChI is InChI=1S/C20H15BrN4/c21-16-11-13-17(14-12-16)22-20-23-19(15-7-3-1-4-8-15)25(24-20)18-9-5-2-6-10-18/h1-14H,(H,22,24). The molecule has 122 valence electrons. The highest BCUT2D eigenvalue weighted by Gasteiger charge is 2.13. The van der Waals surface area contributed by atoms with E-state index in [9.17, 15) is 0 Å². The number of halogens is 1. The molecule has 0 aliphatic heterocycles. The first-order chi connectivity index (χ1) is 12.3. The molecular weight excluding hydrogens is 376 g/mol. The third-order valence-electron chi connectivity index (χ3n) is 3.74. The van der Waals surface area contributed by atoms with Crippen LogP contribution < -0.4 is 5.32 Å². The highest BCUT2D eigenvalue weighted by Crippen LogP contribution is 2.24. The van der Waals surface area contributed by atoms with Crippen molar-refractivity contribution in [3.05, 3.63) is 89.4 Å². The topological polar surface area (TPSA) is 42.7 Å². The lowest BCUT2D eigenvalue weighted by atomic mass is 10.2. The summed E-state index contributed by atoms with van der Waals surface area (Å²) in [6, 6.07) is 28.0. The molecule has 0 unspecified atom stereocenters. The van der Waals surface area contributed by atoms with E-state index < -0.39 is 0 Å². The van der Waals surface area contributed by atoms with Crippen LogP contribution in [0.25, 0.3) is 17.1 Å². The summed E-state index contributed by atoms with van der Waals surface area (Å²) in [6.45, 7) is 0. The molecule has 0 fully saturated rings. The monoisotopic (exact) mass is 390 g/mol. The highest BCUT2D eigenvalue weighted by molar-refractivity contribution is 9.10. The maximum Gasteiger partial charge on any atom is 0.247 e. The number of rotatable bonds is 4. The van der Waals surface area contributed by atoms with Crippen LogP contribution in [0.5, 0.6) is 0 Å². The van der Waals surface area contributed by atoms with Gasteiger partial charge in [-0.25, -0.2) is 4.68 Å². The second-order valence-corrected chi connectivity index (χ2v) is 6.42. The lowest BCUT2D eigenvalue weighted by Gasteiger charge is -2.05. The molecule has 1 heterocycles. The van der Waals surface area contributed by atoms with E-state index in [1.54, 1.807) is 0 Å². The molecule has 3 aromatic carbocycles. The molecule has 0 bridgehead atoms. The van der Waals surface area contributed by atoms with Gasteiger partial charge in [0.25, 0.3) is 0 Å². The number of para-hydroxylation sites is 1. The molecule has 0 saturated heterocycles. The number of hydrogen-bond donors (Lipinski definition) is 1. The quantitative estimate of drug-likeness (QED) is 0.504. The molecule has 1 N–H and O–H groups in total. The van der Waals surface area contributed by atoms with Crippen LogP contribution in [-0.4, -0.2) is 14.8 Å². The molecule has 1 aromatic heterocycles. The summed E-state index contributed by atoms with van der Waals surface area (Å²) in [4.78, 5) is 4.70. The van der Waals surface area contributed by atoms with Gasteiger partial charge in [-0.1, -0.05) is 64.5 Å². The molecule has 4 nitrogen and oxygen atoms in total. The van der Waals surface area contributed by atoms with Crippen LogP contribution in [0.1, 0.15) is 0 Å². The summed E-state index contributed by atoms with van der Waals surface area (Å²) in [6.07, 6.45) is 0. The zero-order valence-electron chi connectivity index (χ0n) is 13.3. The molecule has 4 rings (SSSR count). The average molecular weight is 391 g/mol. The third kappa shape index (κ3) is 3.46. The Balaban J connectivity index is 1.77. The van der Waals surface area contributed by atoms with Crippen molar-refractivity contribution in [1.82, 2.24) is 14.8 Å². The van der Waals surface area contributed by atoms with Gasteiger partial charge in [0.2, 0.25) is 5.95 Å². The van der Waals surface area contributed by atoms with E-state index in [1.807, 2.05) is 89.6 Å². The number of aromatic nitrogens is 3. The van der Waals surface area contributed by atoms with Crippen molar-refractivity contribution in [2.45, 2.75) is 0 Å². The van der Waals surface area contributed by atoms with Crippen molar-refractivity contribution >= 4 is 27.6 Å². The Morgan fingerprint density at radius 2 is 1.40 bits per heavy atom. The van der Waals surface area contributed by atoms with Gasteiger partial charge >= 0.3 is 0 Å². The Labute approximate surface area is 154 Å². The van der Waals surface area contributed by atoms with Crippen LogP contribution in [0.4, 0.5) is 11.6 Å². The smallest absolute Gasteiger partial charge is 0.247 e. The minimum Gasteiger partial charge on any atom is -0.323 e. The van der Waals surface area contributed by atoms with Crippen molar-refractivity contribution < 1.29 is 0 Å². The predicted molar refractivity (Wildman–Crippen MR) is 104 cm³/mol. The lowest BCUT2D eigenvalue weighted by molar-refractivity contribution is 0.890. The number of nitrogens with zero attached hydrogens (tertiary/aromatic N) is 3. The first-order valence-corrected chi connectivity index (χ1v) is 8.69. The van der Waals surface area contributed by atoms with Crippen LogP contribution in [0.2, 0.25) is 0 Å². The molecule has 0 aliphatic carbocycles. The van der Waals surface area contributed by atoms with Gasteiger partial charge in [0, 0.05) is 15.7 Å². The first kappa shape index (κ1) is 15.6. The van der Waals surface area contributed by atoms with Gasteiger partial charge in [0.05, 0.1) is 5.69 Å². The fraction of sp³-hybridized carbons (Fsp3) is 0. The summed E-state index contributed by atoms with van der Waals surface area (Å²) in [5, 5.41) is 7.92. The molecule has 0 aliphatic rings. The van der Waals surface area contributed by atoms with Gasteiger partial charge in [0.1, 0.15) is 0 Å². The lowest BCUT2D eigenvalue weighted by Crippen LogP contribution is -1.99. The minimum atomic E-state index is 0.560. The van der Waals surface area contributed by atoms with Gasteiger partial charge in [-0.2, -0.15) is 4.98 Å². The number of benzene rings is 3. The molecule has 0 amide bonds. The Morgan fingerprint density at radius 1 is 0.760 bits per heavy atom. The van der Waals surface area contributed by atoms with E-state index in [4.69, 9.17) is 4.98 Å². The molecule has 0 spiro atoms. The van der Waals surface area contributed by atoms with Crippen LogP contribution >= 0.6 is 15.9 Å². The summed E-state index contributed by atoms with van der Waals surface area (Å²) >= 11 is 3.44. The van der Waals surface area contributed by atoms with Crippen LogP contribution in [0.15, 0.2) is 89.4 Å². The molecule has 4 aromatic rings. The van der Waals surface area contributed by atoms with E-state index in [-0.39, 0.29) is 0 Å². The molecule has 5 heteroatoms. The first-order valence-electron chi connectivity index (χ1n) is 7.90. The van der Waals surface area contributed by atoms with E-state index in [0.717, 1.165) is 27.2 Å². The third-order valence-corrected chi connectivity index (χ3v) is 4.27. The summed E-state index contributed by atoms with van der Waals surface area (Å²) in [5.74, 6) is 1.36. The second-order valence-electron chi connectivity index (χ2n) is 5.50. The van der Waals surface area contributed by atoms with Gasteiger partial charge < -0.3 is 5.32 Å². The summed E-state index contributed by atoms with van der Waals surface area (Å²) < 4.78 is 2.89. The summed E-state index contributed by atoms with van der Waals surface area (Å²) in [5.41, 5.74) is 2.92. The SMILES string of the molecule is Brc1ccc(Nc2nc(-c3ccccc3)n(-c3ccccc3)n2)cc1.